The minimum atomic E-state index is -0.794. The maximum Gasteiger partial charge on any atom is 0.220 e. The SMILES string of the molecule is CCCC(=O)NCC(C)(O)C(C)CC. The molecule has 0 aromatic rings. The molecular formula is C11H23NO2. The van der Waals surface area contributed by atoms with E-state index >= 15 is 0 Å². The summed E-state index contributed by atoms with van der Waals surface area (Å²) in [5.74, 6) is 0.223. The molecule has 84 valence electrons. The lowest BCUT2D eigenvalue weighted by atomic mass is 9.88. The summed E-state index contributed by atoms with van der Waals surface area (Å²) in [6.07, 6.45) is 2.30. The molecule has 2 atom stereocenters. The minimum Gasteiger partial charge on any atom is -0.388 e. The van der Waals surface area contributed by atoms with Gasteiger partial charge < -0.3 is 10.4 Å². The van der Waals surface area contributed by atoms with Gasteiger partial charge in [-0.3, -0.25) is 4.79 Å². The molecule has 0 bridgehead atoms. The summed E-state index contributed by atoms with van der Waals surface area (Å²) in [5, 5.41) is 12.7. The van der Waals surface area contributed by atoms with Crippen molar-refractivity contribution in [3.63, 3.8) is 0 Å². The molecule has 0 aliphatic heterocycles. The van der Waals surface area contributed by atoms with Crippen LogP contribution >= 0.6 is 0 Å². The van der Waals surface area contributed by atoms with Crippen molar-refractivity contribution in [1.29, 1.82) is 0 Å². The van der Waals surface area contributed by atoms with Crippen molar-refractivity contribution in [2.75, 3.05) is 6.54 Å². The normalized spacial score (nSPS) is 17.2. The largest absolute Gasteiger partial charge is 0.388 e. The quantitative estimate of drug-likeness (QED) is 0.687. The van der Waals surface area contributed by atoms with E-state index in [9.17, 15) is 9.90 Å². The van der Waals surface area contributed by atoms with Gasteiger partial charge in [-0.2, -0.15) is 0 Å². The van der Waals surface area contributed by atoms with Gasteiger partial charge in [0.1, 0.15) is 0 Å². The number of amides is 1. The van der Waals surface area contributed by atoms with E-state index in [0.717, 1.165) is 12.8 Å². The monoisotopic (exact) mass is 201 g/mol. The molecule has 0 fully saturated rings. The molecular weight excluding hydrogens is 178 g/mol. The molecule has 0 rings (SSSR count). The van der Waals surface area contributed by atoms with E-state index in [1.54, 1.807) is 6.92 Å². The highest BCUT2D eigenvalue weighted by atomic mass is 16.3. The summed E-state index contributed by atoms with van der Waals surface area (Å²) in [4.78, 5) is 11.2. The van der Waals surface area contributed by atoms with Crippen LogP contribution in [0.25, 0.3) is 0 Å². The van der Waals surface area contributed by atoms with Gasteiger partial charge in [0, 0.05) is 13.0 Å². The summed E-state index contributed by atoms with van der Waals surface area (Å²) in [6.45, 7) is 8.11. The van der Waals surface area contributed by atoms with Crippen molar-refractivity contribution in [2.24, 2.45) is 5.92 Å². The molecule has 0 aromatic carbocycles. The van der Waals surface area contributed by atoms with Crippen LogP contribution in [0.5, 0.6) is 0 Å². The number of carbonyl (C=O) groups is 1. The van der Waals surface area contributed by atoms with Gasteiger partial charge in [-0.25, -0.2) is 0 Å². The number of aliphatic hydroxyl groups is 1. The molecule has 0 saturated heterocycles. The van der Waals surface area contributed by atoms with Crippen LogP contribution in [0.4, 0.5) is 0 Å². The van der Waals surface area contributed by atoms with Gasteiger partial charge in [0.05, 0.1) is 5.60 Å². The summed E-state index contributed by atoms with van der Waals surface area (Å²) >= 11 is 0. The Morgan fingerprint density at radius 1 is 1.50 bits per heavy atom. The third-order valence-corrected chi connectivity index (χ3v) is 2.79. The summed E-state index contributed by atoms with van der Waals surface area (Å²) in [5.41, 5.74) is -0.794. The standard InChI is InChI=1S/C11H23NO2/c1-5-7-10(13)12-8-11(4,14)9(3)6-2/h9,14H,5-8H2,1-4H3,(H,12,13). The number of carbonyl (C=O) groups excluding carboxylic acids is 1. The fourth-order valence-electron chi connectivity index (χ4n) is 1.21. The molecule has 3 nitrogen and oxygen atoms in total. The second-order valence-corrected chi connectivity index (χ2v) is 4.19. The Morgan fingerprint density at radius 3 is 2.50 bits per heavy atom. The zero-order chi connectivity index (χ0) is 11.2. The molecule has 14 heavy (non-hydrogen) atoms. The number of rotatable bonds is 6. The summed E-state index contributed by atoms with van der Waals surface area (Å²) < 4.78 is 0. The lowest BCUT2D eigenvalue weighted by Crippen LogP contribution is -2.44. The Kier molecular flexibility index (Phi) is 5.77. The molecule has 0 saturated carbocycles. The second kappa shape index (κ2) is 6.02. The lowest BCUT2D eigenvalue weighted by molar-refractivity contribution is -0.122. The third kappa shape index (κ3) is 4.61. The van der Waals surface area contributed by atoms with Crippen LogP contribution < -0.4 is 5.32 Å². The molecule has 0 radical (unpaired) electrons. The van der Waals surface area contributed by atoms with Crippen LogP contribution in [0.3, 0.4) is 0 Å². The van der Waals surface area contributed by atoms with Crippen LogP contribution in [0.1, 0.15) is 47.0 Å². The van der Waals surface area contributed by atoms with Gasteiger partial charge in [0.2, 0.25) is 5.91 Å². The molecule has 0 aliphatic rings. The van der Waals surface area contributed by atoms with Crippen molar-refractivity contribution in [1.82, 2.24) is 5.32 Å². The van der Waals surface area contributed by atoms with Gasteiger partial charge >= 0.3 is 0 Å². The van der Waals surface area contributed by atoms with Crippen LogP contribution in [-0.4, -0.2) is 23.2 Å². The Bertz CT molecular complexity index is 178. The second-order valence-electron chi connectivity index (χ2n) is 4.19. The van der Waals surface area contributed by atoms with Crippen LogP contribution in [0, 0.1) is 5.92 Å². The maximum absolute atomic E-state index is 11.2. The van der Waals surface area contributed by atoms with E-state index in [1.807, 2.05) is 20.8 Å². The van der Waals surface area contributed by atoms with Crippen molar-refractivity contribution < 1.29 is 9.90 Å². The first-order chi connectivity index (χ1) is 6.44. The molecule has 0 aliphatic carbocycles. The van der Waals surface area contributed by atoms with Gasteiger partial charge in [-0.05, 0) is 19.3 Å². The van der Waals surface area contributed by atoms with Crippen molar-refractivity contribution in [3.05, 3.63) is 0 Å². The van der Waals surface area contributed by atoms with E-state index in [2.05, 4.69) is 5.32 Å². The van der Waals surface area contributed by atoms with E-state index in [4.69, 9.17) is 0 Å². The van der Waals surface area contributed by atoms with Crippen LogP contribution in [0.15, 0.2) is 0 Å². The lowest BCUT2D eigenvalue weighted by Gasteiger charge is -2.29. The first kappa shape index (κ1) is 13.4. The number of hydrogen-bond acceptors (Lipinski definition) is 2. The molecule has 0 aromatic heterocycles. The highest BCUT2D eigenvalue weighted by Gasteiger charge is 2.27. The fraction of sp³-hybridized carbons (Fsp3) is 0.909. The first-order valence-corrected chi connectivity index (χ1v) is 5.43. The minimum absolute atomic E-state index is 0.0241. The van der Waals surface area contributed by atoms with E-state index in [-0.39, 0.29) is 11.8 Å². The molecule has 0 spiro atoms. The highest BCUT2D eigenvalue weighted by Crippen LogP contribution is 2.18. The van der Waals surface area contributed by atoms with Gasteiger partial charge in [-0.1, -0.05) is 27.2 Å². The topological polar surface area (TPSA) is 49.3 Å². The van der Waals surface area contributed by atoms with Crippen molar-refractivity contribution in [2.45, 2.75) is 52.6 Å². The van der Waals surface area contributed by atoms with Crippen molar-refractivity contribution >= 4 is 5.91 Å². The summed E-state index contributed by atoms with van der Waals surface area (Å²) in [7, 11) is 0. The van der Waals surface area contributed by atoms with E-state index in [0.29, 0.717) is 13.0 Å². The molecule has 2 N–H and O–H groups in total. The zero-order valence-corrected chi connectivity index (χ0v) is 9.76. The summed E-state index contributed by atoms with van der Waals surface area (Å²) in [6, 6.07) is 0. The fourth-order valence-corrected chi connectivity index (χ4v) is 1.21. The van der Waals surface area contributed by atoms with Gasteiger partial charge in [-0.15, -0.1) is 0 Å². The highest BCUT2D eigenvalue weighted by molar-refractivity contribution is 5.75. The zero-order valence-electron chi connectivity index (χ0n) is 9.76. The molecule has 0 heterocycles. The Labute approximate surface area is 86.9 Å². The van der Waals surface area contributed by atoms with Crippen LogP contribution in [0.2, 0.25) is 0 Å². The average molecular weight is 201 g/mol. The van der Waals surface area contributed by atoms with Gasteiger partial charge in [0.25, 0.3) is 0 Å². The Balaban J connectivity index is 3.92. The molecule has 2 unspecified atom stereocenters. The maximum atomic E-state index is 11.2. The molecule has 3 heteroatoms. The predicted molar refractivity (Wildman–Crippen MR) is 58.0 cm³/mol. The number of nitrogens with one attached hydrogen (secondary N) is 1. The first-order valence-electron chi connectivity index (χ1n) is 5.43. The smallest absolute Gasteiger partial charge is 0.220 e. The Morgan fingerprint density at radius 2 is 2.07 bits per heavy atom. The van der Waals surface area contributed by atoms with E-state index in [1.165, 1.54) is 0 Å². The van der Waals surface area contributed by atoms with Crippen LogP contribution in [-0.2, 0) is 4.79 Å². The van der Waals surface area contributed by atoms with Gasteiger partial charge in [0.15, 0.2) is 0 Å². The predicted octanol–water partition coefficient (Wildman–Crippen LogP) is 1.70. The van der Waals surface area contributed by atoms with E-state index < -0.39 is 5.60 Å². The third-order valence-electron chi connectivity index (χ3n) is 2.79. The molecule has 1 amide bonds. The number of hydrogen-bond donors (Lipinski definition) is 2. The Hall–Kier alpha value is -0.570. The average Bonchev–Trinajstić information content (AvgIpc) is 2.14. The van der Waals surface area contributed by atoms with Crippen molar-refractivity contribution in [3.8, 4) is 0 Å².